The van der Waals surface area contributed by atoms with E-state index in [4.69, 9.17) is 4.74 Å². The summed E-state index contributed by atoms with van der Waals surface area (Å²) in [5.41, 5.74) is 4.12. The lowest BCUT2D eigenvalue weighted by Gasteiger charge is -2.09. The molecule has 0 bridgehead atoms. The zero-order valence-electron chi connectivity index (χ0n) is 11.1. The van der Waals surface area contributed by atoms with E-state index in [1.165, 1.54) is 11.3 Å². The number of ether oxygens (including phenoxy) is 1. The van der Waals surface area contributed by atoms with Gasteiger partial charge in [-0.25, -0.2) is 14.8 Å². The van der Waals surface area contributed by atoms with Crippen molar-refractivity contribution < 1.29 is 9.53 Å². The number of hydrogen-bond donors (Lipinski definition) is 1. The van der Waals surface area contributed by atoms with Crippen LogP contribution in [0.25, 0.3) is 11.0 Å². The number of carbonyl (C=O) groups excluding carboxylic acids is 1. The van der Waals surface area contributed by atoms with Crippen LogP contribution in [0, 0.1) is 6.92 Å². The standard InChI is InChI=1S/C14H13N3O2S/c1-8-12(20-7-15-8)14(18)19-9(2)13-16-10-5-3-4-6-11(10)17-13/h3-7,9H,1-2H3,(H,16,17). The maximum absolute atomic E-state index is 12.0. The van der Waals surface area contributed by atoms with Crippen LogP contribution >= 0.6 is 11.3 Å². The number of imidazole rings is 1. The number of hydrogen-bond acceptors (Lipinski definition) is 5. The number of thiazole rings is 1. The van der Waals surface area contributed by atoms with E-state index >= 15 is 0 Å². The summed E-state index contributed by atoms with van der Waals surface area (Å²) in [5.74, 6) is 0.277. The number of benzene rings is 1. The van der Waals surface area contributed by atoms with Crippen molar-refractivity contribution in [3.05, 3.63) is 46.2 Å². The summed E-state index contributed by atoms with van der Waals surface area (Å²) in [4.78, 5) is 24.2. The molecule has 2 aromatic heterocycles. The van der Waals surface area contributed by atoms with Crippen LogP contribution in [0.2, 0.25) is 0 Å². The number of rotatable bonds is 3. The van der Waals surface area contributed by atoms with Gasteiger partial charge in [0, 0.05) is 0 Å². The number of aromatic amines is 1. The molecular weight excluding hydrogens is 274 g/mol. The van der Waals surface area contributed by atoms with Gasteiger partial charge in [-0.15, -0.1) is 11.3 Å². The van der Waals surface area contributed by atoms with Gasteiger partial charge in [0.25, 0.3) is 0 Å². The van der Waals surface area contributed by atoms with Gasteiger partial charge in [0.05, 0.1) is 22.2 Å². The van der Waals surface area contributed by atoms with Crippen molar-refractivity contribution in [1.82, 2.24) is 15.0 Å². The van der Waals surface area contributed by atoms with Gasteiger partial charge in [-0.2, -0.15) is 0 Å². The van der Waals surface area contributed by atoms with E-state index in [2.05, 4.69) is 15.0 Å². The molecule has 1 unspecified atom stereocenters. The van der Waals surface area contributed by atoms with Crippen LogP contribution in [0.1, 0.15) is 34.2 Å². The summed E-state index contributed by atoms with van der Waals surface area (Å²) in [6.45, 7) is 3.59. The lowest BCUT2D eigenvalue weighted by molar-refractivity contribution is 0.0327. The Morgan fingerprint density at radius 1 is 1.40 bits per heavy atom. The fourth-order valence-electron chi connectivity index (χ4n) is 1.93. The molecule has 1 atom stereocenters. The molecular formula is C14H13N3O2S. The van der Waals surface area contributed by atoms with Gasteiger partial charge in [-0.3, -0.25) is 0 Å². The van der Waals surface area contributed by atoms with E-state index < -0.39 is 6.10 Å². The first-order valence-corrected chi connectivity index (χ1v) is 7.09. The molecule has 2 heterocycles. The van der Waals surface area contributed by atoms with Crippen molar-refractivity contribution in [2.75, 3.05) is 0 Å². The lowest BCUT2D eigenvalue weighted by atomic mass is 10.3. The Morgan fingerprint density at radius 3 is 2.90 bits per heavy atom. The first-order chi connectivity index (χ1) is 9.65. The minimum absolute atomic E-state index is 0.363. The van der Waals surface area contributed by atoms with Gasteiger partial charge in [0.15, 0.2) is 6.10 Å². The van der Waals surface area contributed by atoms with Gasteiger partial charge >= 0.3 is 5.97 Å². The van der Waals surface area contributed by atoms with Crippen molar-refractivity contribution in [3.8, 4) is 0 Å². The molecule has 0 aliphatic rings. The summed E-state index contributed by atoms with van der Waals surface area (Å²) >= 11 is 1.28. The zero-order chi connectivity index (χ0) is 14.1. The highest BCUT2D eigenvalue weighted by atomic mass is 32.1. The highest BCUT2D eigenvalue weighted by Gasteiger charge is 2.19. The number of aromatic nitrogens is 3. The van der Waals surface area contributed by atoms with Crippen LogP contribution in [0.3, 0.4) is 0 Å². The molecule has 0 saturated carbocycles. The second kappa shape index (κ2) is 5.05. The molecule has 0 aliphatic carbocycles. The Hall–Kier alpha value is -2.21. The first kappa shape index (κ1) is 12.8. The van der Waals surface area contributed by atoms with E-state index in [1.54, 1.807) is 19.4 Å². The van der Waals surface area contributed by atoms with Crippen molar-refractivity contribution in [1.29, 1.82) is 0 Å². The molecule has 0 spiro atoms. The molecule has 0 aliphatic heterocycles. The SMILES string of the molecule is Cc1ncsc1C(=O)OC(C)c1nc2ccccc2[nH]1. The topological polar surface area (TPSA) is 67.9 Å². The average Bonchev–Trinajstić information content (AvgIpc) is 3.04. The molecule has 5 nitrogen and oxygen atoms in total. The van der Waals surface area contributed by atoms with Crippen molar-refractivity contribution in [2.24, 2.45) is 0 Å². The predicted molar refractivity (Wildman–Crippen MR) is 76.8 cm³/mol. The second-order valence-corrected chi connectivity index (χ2v) is 5.31. The van der Waals surface area contributed by atoms with Crippen LogP contribution < -0.4 is 0 Å². The Labute approximate surface area is 119 Å². The molecule has 1 N–H and O–H groups in total. The van der Waals surface area contributed by atoms with E-state index in [0.29, 0.717) is 16.4 Å². The Balaban J connectivity index is 1.80. The van der Waals surface area contributed by atoms with Gasteiger partial charge in [-0.1, -0.05) is 12.1 Å². The van der Waals surface area contributed by atoms with Crippen LogP contribution in [0.15, 0.2) is 29.8 Å². The maximum Gasteiger partial charge on any atom is 0.350 e. The highest BCUT2D eigenvalue weighted by molar-refractivity contribution is 7.11. The number of esters is 1. The second-order valence-electron chi connectivity index (χ2n) is 4.45. The first-order valence-electron chi connectivity index (χ1n) is 6.21. The largest absolute Gasteiger partial charge is 0.450 e. The summed E-state index contributed by atoms with van der Waals surface area (Å²) in [7, 11) is 0. The number of nitrogens with one attached hydrogen (secondary N) is 1. The molecule has 1 aromatic carbocycles. The fourth-order valence-corrected chi connectivity index (χ4v) is 2.62. The number of H-pyrrole nitrogens is 1. The third kappa shape index (κ3) is 2.30. The molecule has 3 aromatic rings. The number of aryl methyl sites for hydroxylation is 1. The fraction of sp³-hybridized carbons (Fsp3) is 0.214. The third-order valence-electron chi connectivity index (χ3n) is 3.01. The summed E-state index contributed by atoms with van der Waals surface area (Å²) < 4.78 is 5.43. The summed E-state index contributed by atoms with van der Waals surface area (Å²) in [6.07, 6.45) is -0.434. The molecule has 0 radical (unpaired) electrons. The lowest BCUT2D eigenvalue weighted by Crippen LogP contribution is -2.10. The van der Waals surface area contributed by atoms with Crippen molar-refractivity contribution in [2.45, 2.75) is 20.0 Å². The van der Waals surface area contributed by atoms with Gasteiger partial charge in [0.2, 0.25) is 0 Å². The van der Waals surface area contributed by atoms with E-state index in [9.17, 15) is 4.79 Å². The molecule has 20 heavy (non-hydrogen) atoms. The average molecular weight is 287 g/mol. The smallest absolute Gasteiger partial charge is 0.350 e. The van der Waals surface area contributed by atoms with Crippen molar-refractivity contribution in [3.63, 3.8) is 0 Å². The minimum atomic E-state index is -0.434. The highest BCUT2D eigenvalue weighted by Crippen LogP contribution is 2.21. The van der Waals surface area contributed by atoms with Crippen LogP contribution in [-0.2, 0) is 4.74 Å². The summed E-state index contributed by atoms with van der Waals surface area (Å²) in [5, 5.41) is 0. The Kier molecular flexibility index (Phi) is 3.23. The van der Waals surface area contributed by atoms with Crippen LogP contribution in [0.4, 0.5) is 0 Å². The maximum atomic E-state index is 12.0. The Bertz CT molecular complexity index is 729. The van der Waals surface area contributed by atoms with Gasteiger partial charge in [0.1, 0.15) is 10.7 Å². The van der Waals surface area contributed by atoms with Crippen LogP contribution in [-0.4, -0.2) is 20.9 Å². The molecule has 6 heteroatoms. The third-order valence-corrected chi connectivity index (χ3v) is 3.92. The van der Waals surface area contributed by atoms with Gasteiger partial charge in [-0.05, 0) is 26.0 Å². The minimum Gasteiger partial charge on any atom is -0.450 e. The van der Waals surface area contributed by atoms with E-state index in [1.807, 2.05) is 24.3 Å². The molecule has 0 saturated heterocycles. The van der Waals surface area contributed by atoms with Gasteiger partial charge < -0.3 is 9.72 Å². The zero-order valence-corrected chi connectivity index (χ0v) is 11.9. The number of carbonyl (C=O) groups is 1. The normalized spacial score (nSPS) is 12.5. The molecule has 3 rings (SSSR count). The van der Waals surface area contributed by atoms with E-state index in [0.717, 1.165) is 11.0 Å². The van der Waals surface area contributed by atoms with Crippen LogP contribution in [0.5, 0.6) is 0 Å². The summed E-state index contributed by atoms with van der Waals surface area (Å²) in [6, 6.07) is 7.71. The number of nitrogens with zero attached hydrogens (tertiary/aromatic N) is 2. The van der Waals surface area contributed by atoms with E-state index in [-0.39, 0.29) is 5.97 Å². The Morgan fingerprint density at radius 2 is 2.20 bits per heavy atom. The quantitative estimate of drug-likeness (QED) is 0.751. The molecule has 102 valence electrons. The van der Waals surface area contributed by atoms with Crippen molar-refractivity contribution >= 4 is 28.3 Å². The number of para-hydroxylation sites is 2. The molecule has 0 amide bonds. The predicted octanol–water partition coefficient (Wildman–Crippen LogP) is 3.25. The molecule has 0 fully saturated rings. The monoisotopic (exact) mass is 287 g/mol. The number of fused-ring (bicyclic) bond motifs is 1.